The smallest absolute Gasteiger partial charge is 0.123 e. The fraction of sp³-hybridized carbons (Fsp3) is 0.0250. The van der Waals surface area contributed by atoms with E-state index in [4.69, 9.17) is 0 Å². The molecule has 0 saturated carbocycles. The molecule has 16 rings (SSSR count). The zero-order valence-corrected chi connectivity index (χ0v) is 45.9. The van der Waals surface area contributed by atoms with Crippen LogP contribution in [0.1, 0.15) is 44.5 Å². The van der Waals surface area contributed by atoms with Gasteiger partial charge < -0.3 is 14.4 Å². The van der Waals surface area contributed by atoms with Crippen LogP contribution in [-0.4, -0.2) is 4.57 Å². The van der Waals surface area contributed by atoms with E-state index in [1.165, 1.54) is 66.8 Å². The number of halogens is 1. The maximum Gasteiger partial charge on any atom is 0.123 e. The van der Waals surface area contributed by atoms with Gasteiger partial charge in [-0.1, -0.05) is 237 Å². The summed E-state index contributed by atoms with van der Waals surface area (Å²) in [6, 6.07) is 118. The van der Waals surface area contributed by atoms with Crippen LogP contribution in [0.2, 0.25) is 0 Å². The molecule has 4 heteroatoms. The molecule has 0 amide bonds. The number of hydrogen-bond acceptors (Lipinski definition) is 2. The van der Waals surface area contributed by atoms with Crippen molar-refractivity contribution in [1.29, 1.82) is 0 Å². The van der Waals surface area contributed by atoms with Gasteiger partial charge in [-0.05, 0) is 158 Å². The third kappa shape index (κ3) is 7.37. The highest BCUT2D eigenvalue weighted by Crippen LogP contribution is 2.60. The van der Waals surface area contributed by atoms with Gasteiger partial charge in [0.1, 0.15) is 5.82 Å². The van der Waals surface area contributed by atoms with Crippen molar-refractivity contribution in [2.45, 2.75) is 10.8 Å². The lowest BCUT2D eigenvalue weighted by molar-refractivity contribution is 0.627. The molecule has 0 saturated heterocycles. The Morgan fingerprint density at radius 1 is 0.274 bits per heavy atom. The minimum Gasteiger partial charge on any atom is -0.310 e. The highest BCUT2D eigenvalue weighted by molar-refractivity contribution is 6.18. The fourth-order valence-electron chi connectivity index (χ4n) is 14.4. The quantitative estimate of drug-likeness (QED) is 0.128. The molecule has 1 aromatic heterocycles. The van der Waals surface area contributed by atoms with Gasteiger partial charge in [0, 0.05) is 39.2 Å². The van der Waals surface area contributed by atoms with Crippen molar-refractivity contribution < 1.29 is 4.39 Å². The topological polar surface area (TPSA) is 11.4 Å². The van der Waals surface area contributed by atoms with Crippen molar-refractivity contribution in [3.05, 3.63) is 378 Å². The van der Waals surface area contributed by atoms with Crippen molar-refractivity contribution >= 4 is 55.9 Å². The molecule has 1 heterocycles. The summed E-state index contributed by atoms with van der Waals surface area (Å²) in [5, 5.41) is 2.14. The van der Waals surface area contributed by atoms with E-state index in [2.05, 4.69) is 318 Å². The molecule has 14 aromatic rings. The van der Waals surface area contributed by atoms with E-state index in [-0.39, 0.29) is 5.82 Å². The molecule has 396 valence electrons. The van der Waals surface area contributed by atoms with E-state index < -0.39 is 10.8 Å². The molecule has 0 radical (unpaired) electrons. The number of hydrogen-bond donors (Lipinski definition) is 0. The first-order valence-corrected chi connectivity index (χ1v) is 28.8. The van der Waals surface area contributed by atoms with Crippen LogP contribution in [-0.2, 0) is 10.8 Å². The summed E-state index contributed by atoms with van der Waals surface area (Å²) in [7, 11) is 0. The van der Waals surface area contributed by atoms with Gasteiger partial charge in [-0.15, -0.1) is 0 Å². The lowest BCUT2D eigenvalue weighted by Gasteiger charge is -2.35. The predicted octanol–water partition coefficient (Wildman–Crippen LogP) is 20.6. The van der Waals surface area contributed by atoms with Gasteiger partial charge in [-0.3, -0.25) is 0 Å². The number of fused-ring (bicyclic) bond motifs is 9. The molecule has 0 atom stereocenters. The van der Waals surface area contributed by atoms with Crippen molar-refractivity contribution in [1.82, 2.24) is 4.57 Å². The molecule has 0 spiro atoms. The minimum absolute atomic E-state index is 0.283. The van der Waals surface area contributed by atoms with E-state index in [1.54, 1.807) is 12.1 Å². The summed E-state index contributed by atoms with van der Waals surface area (Å²) in [5.41, 5.74) is 22.3. The average Bonchev–Trinajstić information content (AvgIpc) is 1.72. The molecule has 2 aliphatic carbocycles. The number of anilines is 6. The first kappa shape index (κ1) is 49.0. The second kappa shape index (κ2) is 19.7. The van der Waals surface area contributed by atoms with Crippen molar-refractivity contribution in [2.75, 3.05) is 9.80 Å². The van der Waals surface area contributed by atoms with Gasteiger partial charge in [-0.2, -0.15) is 0 Å². The molecule has 0 N–H and O–H groups in total. The number of benzene rings is 13. The van der Waals surface area contributed by atoms with Gasteiger partial charge in [0.15, 0.2) is 0 Å². The highest BCUT2D eigenvalue weighted by Gasteiger charge is 2.48. The van der Waals surface area contributed by atoms with E-state index in [0.29, 0.717) is 0 Å². The summed E-state index contributed by atoms with van der Waals surface area (Å²) in [4.78, 5) is 4.88. The van der Waals surface area contributed by atoms with Crippen molar-refractivity contribution in [3.63, 3.8) is 0 Å². The van der Waals surface area contributed by atoms with Gasteiger partial charge in [-0.25, -0.2) is 4.39 Å². The second-order valence-corrected chi connectivity index (χ2v) is 22.0. The van der Waals surface area contributed by atoms with E-state index in [9.17, 15) is 0 Å². The second-order valence-electron chi connectivity index (χ2n) is 22.0. The molecule has 3 nitrogen and oxygen atoms in total. The van der Waals surface area contributed by atoms with E-state index in [1.807, 2.05) is 12.1 Å². The zero-order valence-electron chi connectivity index (χ0n) is 45.9. The Morgan fingerprint density at radius 2 is 0.702 bits per heavy atom. The molecule has 84 heavy (non-hydrogen) atoms. The minimum atomic E-state index is -0.619. The molecule has 0 aliphatic heterocycles. The molecule has 0 fully saturated rings. The third-order valence-corrected chi connectivity index (χ3v) is 17.7. The maximum absolute atomic E-state index is 15.1. The standard InChI is InChI=1S/C80H54FN3/c81-59-43-45-62(46-44-59)84-75-42-24-21-39-69(75)78-76(83(61-35-17-6-18-36-61)63-48-50-73-70(51-63)67-38-20-23-41-72(67)79(73,55-25-7-1-8-26-55)56-27-9-2-10-28-56)53-65(54-77(78)84)82(60-33-15-5-16-34-60)64-47-49-68-66-37-19-22-40-71(66)80(74(68)52-64,57-29-11-3-12-30-57)58-31-13-4-14-32-58/h1-54H. The zero-order chi connectivity index (χ0) is 55.8. The molecule has 2 aliphatic rings. The molecular formula is C80H54FN3. The Balaban J connectivity index is 0.997. The summed E-state index contributed by atoms with van der Waals surface area (Å²) in [6.07, 6.45) is 0. The summed E-state index contributed by atoms with van der Waals surface area (Å²) < 4.78 is 17.4. The largest absolute Gasteiger partial charge is 0.310 e. The van der Waals surface area contributed by atoms with Crippen molar-refractivity contribution in [3.8, 4) is 27.9 Å². The molecule has 0 bridgehead atoms. The average molecular weight is 1080 g/mol. The summed E-state index contributed by atoms with van der Waals surface area (Å²) in [5.74, 6) is -0.283. The van der Waals surface area contributed by atoms with Gasteiger partial charge >= 0.3 is 0 Å². The SMILES string of the molecule is Fc1ccc(-n2c3ccccc3c3c(N(c4ccccc4)c4ccc5c(c4)-c4ccccc4C5(c4ccccc4)c4ccccc4)cc(N(c4ccccc4)c4ccc5c(c4)C(c4ccccc4)(c4ccccc4)c4ccccc4-5)cc32)cc1. The number of nitrogens with zero attached hydrogens (tertiary/aromatic N) is 3. The van der Waals surface area contributed by atoms with Crippen LogP contribution in [0, 0.1) is 5.82 Å². The number of rotatable bonds is 11. The number of aromatic nitrogens is 1. The normalized spacial score (nSPS) is 13.2. The summed E-state index contributed by atoms with van der Waals surface area (Å²) >= 11 is 0. The van der Waals surface area contributed by atoms with Crippen LogP contribution in [0.15, 0.2) is 328 Å². The number of para-hydroxylation sites is 3. The van der Waals surface area contributed by atoms with Crippen LogP contribution < -0.4 is 9.80 Å². The molecular weight excluding hydrogens is 1020 g/mol. The lowest BCUT2D eigenvalue weighted by atomic mass is 9.67. The lowest BCUT2D eigenvalue weighted by Crippen LogP contribution is -2.28. The first-order chi connectivity index (χ1) is 41.6. The maximum atomic E-state index is 15.1. The van der Waals surface area contributed by atoms with Crippen LogP contribution in [0.5, 0.6) is 0 Å². The van der Waals surface area contributed by atoms with Crippen LogP contribution in [0.25, 0.3) is 49.7 Å². The van der Waals surface area contributed by atoms with Crippen LogP contribution in [0.3, 0.4) is 0 Å². The Bertz CT molecular complexity index is 4690. The Morgan fingerprint density at radius 3 is 1.27 bits per heavy atom. The Kier molecular flexibility index (Phi) is 11.5. The van der Waals surface area contributed by atoms with Gasteiger partial charge in [0.25, 0.3) is 0 Å². The van der Waals surface area contributed by atoms with Crippen LogP contribution in [0.4, 0.5) is 38.5 Å². The van der Waals surface area contributed by atoms with Gasteiger partial charge in [0.05, 0.1) is 33.2 Å². The predicted molar refractivity (Wildman–Crippen MR) is 345 cm³/mol. The fourth-order valence-corrected chi connectivity index (χ4v) is 14.4. The summed E-state index contributed by atoms with van der Waals surface area (Å²) in [6.45, 7) is 0. The van der Waals surface area contributed by atoms with Gasteiger partial charge in [0.2, 0.25) is 0 Å². The molecule has 0 unspecified atom stereocenters. The molecule has 13 aromatic carbocycles. The van der Waals surface area contributed by atoms with Crippen LogP contribution >= 0.6 is 0 Å². The monoisotopic (exact) mass is 1080 g/mol. The van der Waals surface area contributed by atoms with E-state index >= 15 is 4.39 Å². The van der Waals surface area contributed by atoms with E-state index in [0.717, 1.165) is 61.6 Å². The highest BCUT2D eigenvalue weighted by atomic mass is 19.1. The van der Waals surface area contributed by atoms with Crippen molar-refractivity contribution in [2.24, 2.45) is 0 Å². The Hall–Kier alpha value is -10.8. The Labute approximate surface area is 488 Å². The first-order valence-electron chi connectivity index (χ1n) is 28.8. The third-order valence-electron chi connectivity index (χ3n) is 17.7.